The van der Waals surface area contributed by atoms with Crippen molar-refractivity contribution in [3.8, 4) is 11.5 Å². The fourth-order valence-corrected chi connectivity index (χ4v) is 1.45. The number of nitrogens with zero attached hydrogens (tertiary/aromatic N) is 1. The zero-order chi connectivity index (χ0) is 14.3. The number of benzene rings is 1. The molecule has 0 heterocycles. The van der Waals surface area contributed by atoms with Crippen LogP contribution in [-0.4, -0.2) is 26.7 Å². The van der Waals surface area contributed by atoms with Gasteiger partial charge in [-0.2, -0.15) is 0 Å². The molecule has 6 heteroatoms. The third kappa shape index (κ3) is 6.14. The summed E-state index contributed by atoms with van der Waals surface area (Å²) >= 11 is 0. The molecule has 3 N–H and O–H groups in total. The molecule has 0 aliphatic carbocycles. The van der Waals surface area contributed by atoms with Crippen LogP contribution in [0.1, 0.15) is 12.5 Å². The van der Waals surface area contributed by atoms with Gasteiger partial charge >= 0.3 is 0 Å². The Balaban J connectivity index is 0.00000361. The molecule has 1 aromatic carbocycles. The fourth-order valence-electron chi connectivity index (χ4n) is 1.45. The SMILES string of the molecule is C=C(C)CNC(N)=NCc1ccc(OC)c(OC)c1.I. The molecule has 0 fully saturated rings. The van der Waals surface area contributed by atoms with Crippen molar-refractivity contribution >= 4 is 29.9 Å². The van der Waals surface area contributed by atoms with E-state index in [1.807, 2.05) is 25.1 Å². The quantitative estimate of drug-likeness (QED) is 0.338. The molecule has 0 aliphatic heterocycles. The third-order valence-corrected chi connectivity index (χ3v) is 2.45. The third-order valence-electron chi connectivity index (χ3n) is 2.45. The lowest BCUT2D eigenvalue weighted by Crippen LogP contribution is -2.32. The summed E-state index contributed by atoms with van der Waals surface area (Å²) < 4.78 is 10.4. The Morgan fingerprint density at radius 3 is 2.50 bits per heavy atom. The van der Waals surface area contributed by atoms with Gasteiger partial charge in [0, 0.05) is 6.54 Å². The van der Waals surface area contributed by atoms with Gasteiger partial charge in [0.05, 0.1) is 20.8 Å². The average molecular weight is 391 g/mol. The van der Waals surface area contributed by atoms with Gasteiger partial charge in [-0.15, -0.1) is 24.0 Å². The van der Waals surface area contributed by atoms with Crippen LogP contribution in [0.3, 0.4) is 0 Å². The summed E-state index contributed by atoms with van der Waals surface area (Å²) in [4.78, 5) is 4.24. The van der Waals surface area contributed by atoms with Crippen LogP contribution in [0.5, 0.6) is 11.5 Å². The summed E-state index contributed by atoms with van der Waals surface area (Å²) in [6.45, 7) is 6.82. The maximum absolute atomic E-state index is 5.74. The standard InChI is InChI=1S/C14H21N3O2.HI/c1-10(2)8-16-14(15)17-9-11-5-6-12(18-3)13(7-11)19-4;/h5-7H,1,8-9H2,2-4H3,(H3,15,16,17);1H. The van der Waals surface area contributed by atoms with E-state index in [1.54, 1.807) is 14.2 Å². The molecule has 0 spiro atoms. The van der Waals surface area contributed by atoms with Crippen LogP contribution < -0.4 is 20.5 Å². The summed E-state index contributed by atoms with van der Waals surface area (Å²) in [7, 11) is 3.21. The van der Waals surface area contributed by atoms with E-state index in [9.17, 15) is 0 Å². The van der Waals surface area contributed by atoms with Crippen molar-refractivity contribution < 1.29 is 9.47 Å². The number of rotatable bonds is 6. The molecular formula is C14H22IN3O2. The number of nitrogens with two attached hydrogens (primary N) is 1. The van der Waals surface area contributed by atoms with Crippen LogP contribution in [0.4, 0.5) is 0 Å². The van der Waals surface area contributed by atoms with E-state index in [0.717, 1.165) is 11.1 Å². The molecule has 0 aromatic heterocycles. The van der Waals surface area contributed by atoms with Crippen LogP contribution in [0.2, 0.25) is 0 Å². The van der Waals surface area contributed by atoms with Crippen molar-refractivity contribution in [2.75, 3.05) is 20.8 Å². The molecule has 0 amide bonds. The minimum absolute atomic E-state index is 0. The number of hydrogen-bond acceptors (Lipinski definition) is 3. The molecule has 0 radical (unpaired) electrons. The monoisotopic (exact) mass is 391 g/mol. The second kappa shape index (κ2) is 9.46. The first-order valence-electron chi connectivity index (χ1n) is 5.96. The Hall–Kier alpha value is -1.44. The maximum Gasteiger partial charge on any atom is 0.189 e. The van der Waals surface area contributed by atoms with E-state index < -0.39 is 0 Å². The average Bonchev–Trinajstić information content (AvgIpc) is 2.42. The van der Waals surface area contributed by atoms with Crippen LogP contribution in [0.15, 0.2) is 35.3 Å². The van der Waals surface area contributed by atoms with Gasteiger partial charge in [-0.25, -0.2) is 4.99 Å². The Labute approximate surface area is 137 Å². The highest BCUT2D eigenvalue weighted by Crippen LogP contribution is 2.27. The Bertz CT molecular complexity index is 475. The van der Waals surface area contributed by atoms with Gasteiger partial charge in [0.25, 0.3) is 0 Å². The van der Waals surface area contributed by atoms with Crippen molar-refractivity contribution in [2.24, 2.45) is 10.7 Å². The van der Waals surface area contributed by atoms with Gasteiger partial charge in [-0.05, 0) is 24.6 Å². The Morgan fingerprint density at radius 2 is 1.95 bits per heavy atom. The number of halogens is 1. The van der Waals surface area contributed by atoms with Gasteiger partial charge in [0.2, 0.25) is 0 Å². The maximum atomic E-state index is 5.74. The summed E-state index contributed by atoms with van der Waals surface area (Å²) in [5.41, 5.74) is 7.74. The van der Waals surface area contributed by atoms with E-state index in [0.29, 0.717) is 30.5 Å². The van der Waals surface area contributed by atoms with Crippen molar-refractivity contribution in [1.82, 2.24) is 5.32 Å². The molecule has 0 unspecified atom stereocenters. The minimum atomic E-state index is 0. The van der Waals surface area contributed by atoms with E-state index in [4.69, 9.17) is 15.2 Å². The van der Waals surface area contributed by atoms with Crippen molar-refractivity contribution in [3.05, 3.63) is 35.9 Å². The number of aliphatic imine (C=N–C) groups is 1. The van der Waals surface area contributed by atoms with E-state index in [1.165, 1.54) is 0 Å². The highest BCUT2D eigenvalue weighted by Gasteiger charge is 2.04. The highest BCUT2D eigenvalue weighted by atomic mass is 127. The largest absolute Gasteiger partial charge is 0.493 e. The van der Waals surface area contributed by atoms with Crippen LogP contribution in [-0.2, 0) is 6.54 Å². The van der Waals surface area contributed by atoms with E-state index in [2.05, 4.69) is 16.9 Å². The summed E-state index contributed by atoms with van der Waals surface area (Å²) in [5.74, 6) is 1.78. The highest BCUT2D eigenvalue weighted by molar-refractivity contribution is 14.0. The summed E-state index contributed by atoms with van der Waals surface area (Å²) in [5, 5.41) is 2.98. The first-order chi connectivity index (χ1) is 9.06. The summed E-state index contributed by atoms with van der Waals surface area (Å²) in [6.07, 6.45) is 0. The number of methoxy groups -OCH3 is 2. The molecule has 5 nitrogen and oxygen atoms in total. The lowest BCUT2D eigenvalue weighted by atomic mass is 10.2. The molecular weight excluding hydrogens is 369 g/mol. The van der Waals surface area contributed by atoms with Crippen molar-refractivity contribution in [2.45, 2.75) is 13.5 Å². The van der Waals surface area contributed by atoms with Crippen LogP contribution in [0, 0.1) is 0 Å². The summed E-state index contributed by atoms with van der Waals surface area (Å²) in [6, 6.07) is 5.66. The number of ether oxygens (including phenoxy) is 2. The zero-order valence-electron chi connectivity index (χ0n) is 12.1. The smallest absolute Gasteiger partial charge is 0.189 e. The predicted molar refractivity (Wildman–Crippen MR) is 93.1 cm³/mol. The molecule has 0 bridgehead atoms. The van der Waals surface area contributed by atoms with Crippen LogP contribution in [0.25, 0.3) is 0 Å². The topological polar surface area (TPSA) is 68.9 Å². The predicted octanol–water partition coefficient (Wildman–Crippen LogP) is 2.30. The lowest BCUT2D eigenvalue weighted by molar-refractivity contribution is 0.354. The fraction of sp³-hybridized carbons (Fsp3) is 0.357. The van der Waals surface area contributed by atoms with Gasteiger partial charge in [-0.1, -0.05) is 18.2 Å². The van der Waals surface area contributed by atoms with E-state index in [-0.39, 0.29) is 24.0 Å². The van der Waals surface area contributed by atoms with Gasteiger partial charge in [0.15, 0.2) is 17.5 Å². The minimum Gasteiger partial charge on any atom is -0.493 e. The van der Waals surface area contributed by atoms with Gasteiger partial charge in [0.1, 0.15) is 0 Å². The molecule has 0 saturated heterocycles. The Morgan fingerprint density at radius 1 is 1.30 bits per heavy atom. The molecule has 0 saturated carbocycles. The molecule has 1 rings (SSSR count). The molecule has 1 aromatic rings. The Kier molecular flexibility index (Phi) is 8.78. The van der Waals surface area contributed by atoms with Crippen LogP contribution >= 0.6 is 24.0 Å². The first kappa shape index (κ1) is 18.6. The van der Waals surface area contributed by atoms with Gasteiger partial charge < -0.3 is 20.5 Å². The van der Waals surface area contributed by atoms with Gasteiger partial charge in [-0.3, -0.25) is 0 Å². The second-order valence-electron chi connectivity index (χ2n) is 4.20. The van der Waals surface area contributed by atoms with Crippen molar-refractivity contribution in [3.63, 3.8) is 0 Å². The lowest BCUT2D eigenvalue weighted by Gasteiger charge is -2.09. The second-order valence-corrected chi connectivity index (χ2v) is 4.20. The van der Waals surface area contributed by atoms with E-state index >= 15 is 0 Å². The molecule has 112 valence electrons. The number of nitrogens with one attached hydrogen (secondary N) is 1. The first-order valence-corrected chi connectivity index (χ1v) is 5.96. The number of hydrogen-bond donors (Lipinski definition) is 2. The molecule has 0 aliphatic rings. The molecule has 0 atom stereocenters. The van der Waals surface area contributed by atoms with Crippen molar-refractivity contribution in [1.29, 1.82) is 0 Å². The zero-order valence-corrected chi connectivity index (χ0v) is 14.4. The molecule has 20 heavy (non-hydrogen) atoms. The number of guanidine groups is 1. The normalized spacial score (nSPS) is 10.4.